The number of thiazole rings is 1. The Kier molecular flexibility index (Phi) is 5.68. The number of hydrogen-bond donors (Lipinski definition) is 1. The number of piperidine rings is 1. The first kappa shape index (κ1) is 18.6. The van der Waals surface area contributed by atoms with E-state index >= 15 is 0 Å². The van der Waals surface area contributed by atoms with E-state index in [1.165, 1.54) is 0 Å². The van der Waals surface area contributed by atoms with Gasteiger partial charge in [0.2, 0.25) is 0 Å². The predicted molar refractivity (Wildman–Crippen MR) is 112 cm³/mol. The average Bonchev–Trinajstić information content (AvgIpc) is 3.29. The van der Waals surface area contributed by atoms with Crippen molar-refractivity contribution in [2.24, 2.45) is 0 Å². The lowest BCUT2D eigenvalue weighted by Gasteiger charge is -2.32. The Morgan fingerprint density at radius 3 is 2.61 bits per heavy atom. The fraction of sp³-hybridized carbons (Fsp3) is 0.350. The van der Waals surface area contributed by atoms with Gasteiger partial charge in [-0.2, -0.15) is 0 Å². The summed E-state index contributed by atoms with van der Waals surface area (Å²) in [5.41, 5.74) is 1.92. The van der Waals surface area contributed by atoms with E-state index in [1.807, 2.05) is 29.8 Å². The first-order chi connectivity index (χ1) is 13.8. The van der Waals surface area contributed by atoms with Crippen LogP contribution in [-0.4, -0.2) is 48.4 Å². The van der Waals surface area contributed by atoms with Gasteiger partial charge >= 0.3 is 0 Å². The molecule has 146 valence electrons. The van der Waals surface area contributed by atoms with Crippen molar-refractivity contribution >= 4 is 28.7 Å². The van der Waals surface area contributed by atoms with Gasteiger partial charge in [-0.1, -0.05) is 0 Å². The van der Waals surface area contributed by atoms with Crippen molar-refractivity contribution in [2.45, 2.75) is 18.9 Å². The number of methoxy groups -OCH3 is 2. The van der Waals surface area contributed by atoms with Gasteiger partial charge in [0, 0.05) is 31.8 Å². The number of nitrogens with zero attached hydrogens (tertiary/aromatic N) is 4. The Hall–Kier alpha value is -2.71. The lowest BCUT2D eigenvalue weighted by atomic mass is 10.1. The van der Waals surface area contributed by atoms with E-state index in [0.717, 1.165) is 48.1 Å². The highest BCUT2D eigenvalue weighted by Crippen LogP contribution is 2.30. The second-order valence-corrected chi connectivity index (χ2v) is 7.43. The van der Waals surface area contributed by atoms with Gasteiger partial charge in [-0.05, 0) is 37.1 Å². The highest BCUT2D eigenvalue weighted by atomic mass is 32.1. The summed E-state index contributed by atoms with van der Waals surface area (Å²) in [6.45, 7) is 1.97. The molecule has 0 aliphatic carbocycles. The maximum atomic E-state index is 5.44. The first-order valence-corrected chi connectivity index (χ1v) is 10.1. The van der Waals surface area contributed by atoms with Crippen molar-refractivity contribution in [1.29, 1.82) is 0 Å². The third-order valence-electron chi connectivity index (χ3n) is 4.86. The summed E-state index contributed by atoms with van der Waals surface area (Å²) >= 11 is 1.55. The Morgan fingerprint density at radius 1 is 1.11 bits per heavy atom. The molecule has 4 rings (SSSR count). The topological polar surface area (TPSA) is 72.4 Å². The maximum absolute atomic E-state index is 5.44. The minimum absolute atomic E-state index is 0.369. The molecule has 8 heteroatoms. The molecule has 1 saturated heterocycles. The van der Waals surface area contributed by atoms with Gasteiger partial charge in [0.25, 0.3) is 0 Å². The summed E-state index contributed by atoms with van der Waals surface area (Å²) in [6, 6.07) is 7.85. The number of aromatic nitrogens is 3. The third-order valence-corrected chi connectivity index (χ3v) is 5.66. The molecule has 1 N–H and O–H groups in total. The number of nitrogens with one attached hydrogen (secondary N) is 1. The summed E-state index contributed by atoms with van der Waals surface area (Å²) in [7, 11) is 3.42. The number of ether oxygens (including phenoxy) is 2. The summed E-state index contributed by atoms with van der Waals surface area (Å²) in [4.78, 5) is 15.9. The standard InChI is InChI=1S/C20H23N5O2S/c1-26-15-7-10-25(11-8-15)14-3-6-18(22-13-14)24-19-17(27-2)5-4-16(23-19)20-21-9-12-28-20/h3-6,9,12-13,15H,7-8,10-11H2,1-2H3,(H,22,23,24). The lowest BCUT2D eigenvalue weighted by Crippen LogP contribution is -2.36. The van der Waals surface area contributed by atoms with E-state index in [1.54, 1.807) is 31.8 Å². The molecular weight excluding hydrogens is 374 g/mol. The summed E-state index contributed by atoms with van der Waals surface area (Å²) in [5.74, 6) is 2.00. The molecule has 0 atom stereocenters. The molecule has 3 aromatic rings. The number of hydrogen-bond acceptors (Lipinski definition) is 8. The molecule has 0 saturated carbocycles. The maximum Gasteiger partial charge on any atom is 0.175 e. The largest absolute Gasteiger partial charge is 0.493 e. The van der Waals surface area contributed by atoms with Gasteiger partial charge < -0.3 is 19.7 Å². The minimum Gasteiger partial charge on any atom is -0.493 e. The zero-order valence-corrected chi connectivity index (χ0v) is 16.8. The normalized spacial score (nSPS) is 14.9. The van der Waals surface area contributed by atoms with Crippen LogP contribution in [0, 0.1) is 0 Å². The second-order valence-electron chi connectivity index (χ2n) is 6.53. The Balaban J connectivity index is 1.49. The number of anilines is 3. The van der Waals surface area contributed by atoms with Gasteiger partial charge in [-0.3, -0.25) is 0 Å². The quantitative estimate of drug-likeness (QED) is 0.675. The van der Waals surface area contributed by atoms with Crippen LogP contribution >= 0.6 is 11.3 Å². The van der Waals surface area contributed by atoms with E-state index in [0.29, 0.717) is 17.7 Å². The Labute approximate surface area is 168 Å². The SMILES string of the molecule is COc1ccc(-c2nccs2)nc1Nc1ccc(N2CCC(OC)CC2)cn1. The van der Waals surface area contributed by atoms with E-state index in [9.17, 15) is 0 Å². The molecule has 4 heterocycles. The van der Waals surface area contributed by atoms with Crippen LogP contribution in [-0.2, 0) is 4.74 Å². The van der Waals surface area contributed by atoms with Crippen molar-refractivity contribution in [1.82, 2.24) is 15.0 Å². The zero-order valence-electron chi connectivity index (χ0n) is 16.0. The Bertz CT molecular complexity index is 893. The van der Waals surface area contributed by atoms with E-state index in [2.05, 4.69) is 31.2 Å². The molecule has 28 heavy (non-hydrogen) atoms. The van der Waals surface area contributed by atoms with Crippen LogP contribution in [0.5, 0.6) is 5.75 Å². The molecule has 0 unspecified atom stereocenters. The van der Waals surface area contributed by atoms with Crippen LogP contribution in [0.15, 0.2) is 42.0 Å². The van der Waals surface area contributed by atoms with Crippen LogP contribution in [0.3, 0.4) is 0 Å². The van der Waals surface area contributed by atoms with E-state index in [4.69, 9.17) is 9.47 Å². The van der Waals surface area contributed by atoms with Gasteiger partial charge in [0.15, 0.2) is 11.6 Å². The van der Waals surface area contributed by atoms with Gasteiger partial charge in [-0.25, -0.2) is 15.0 Å². The van der Waals surface area contributed by atoms with Crippen molar-refractivity contribution in [2.75, 3.05) is 37.5 Å². The first-order valence-electron chi connectivity index (χ1n) is 9.22. The minimum atomic E-state index is 0.369. The van der Waals surface area contributed by atoms with Crippen molar-refractivity contribution in [3.8, 4) is 16.5 Å². The molecule has 0 aromatic carbocycles. The molecule has 1 aliphatic heterocycles. The van der Waals surface area contributed by atoms with Crippen molar-refractivity contribution < 1.29 is 9.47 Å². The van der Waals surface area contributed by atoms with Crippen LogP contribution in [0.25, 0.3) is 10.7 Å². The van der Waals surface area contributed by atoms with Crippen LogP contribution in [0.4, 0.5) is 17.3 Å². The number of rotatable bonds is 6. The average molecular weight is 398 g/mol. The highest BCUT2D eigenvalue weighted by molar-refractivity contribution is 7.13. The molecule has 0 spiro atoms. The van der Waals surface area contributed by atoms with Crippen LogP contribution in [0.1, 0.15) is 12.8 Å². The van der Waals surface area contributed by atoms with Gasteiger partial charge in [0.1, 0.15) is 16.5 Å². The fourth-order valence-electron chi connectivity index (χ4n) is 3.29. The monoisotopic (exact) mass is 397 g/mol. The van der Waals surface area contributed by atoms with Gasteiger partial charge in [0.05, 0.1) is 25.1 Å². The fourth-order valence-corrected chi connectivity index (χ4v) is 3.89. The summed E-state index contributed by atoms with van der Waals surface area (Å²) in [5, 5.41) is 6.07. The number of pyridine rings is 2. The smallest absolute Gasteiger partial charge is 0.175 e. The molecule has 1 aliphatic rings. The van der Waals surface area contributed by atoms with Crippen molar-refractivity contribution in [3.63, 3.8) is 0 Å². The summed E-state index contributed by atoms with van der Waals surface area (Å²) < 4.78 is 10.9. The van der Waals surface area contributed by atoms with Crippen molar-refractivity contribution in [3.05, 3.63) is 42.0 Å². The molecule has 3 aromatic heterocycles. The predicted octanol–water partition coefficient (Wildman–Crippen LogP) is 3.97. The van der Waals surface area contributed by atoms with E-state index in [-0.39, 0.29) is 0 Å². The molecule has 7 nitrogen and oxygen atoms in total. The third kappa shape index (κ3) is 4.07. The van der Waals surface area contributed by atoms with Crippen LogP contribution < -0.4 is 15.0 Å². The van der Waals surface area contributed by atoms with Gasteiger partial charge in [-0.15, -0.1) is 11.3 Å². The molecule has 0 amide bonds. The lowest BCUT2D eigenvalue weighted by molar-refractivity contribution is 0.0819. The molecule has 0 radical (unpaired) electrons. The van der Waals surface area contributed by atoms with Crippen LogP contribution in [0.2, 0.25) is 0 Å². The Morgan fingerprint density at radius 2 is 1.96 bits per heavy atom. The highest BCUT2D eigenvalue weighted by Gasteiger charge is 2.19. The molecule has 1 fully saturated rings. The molecule has 0 bridgehead atoms. The van der Waals surface area contributed by atoms with E-state index < -0.39 is 0 Å². The summed E-state index contributed by atoms with van der Waals surface area (Å²) in [6.07, 6.45) is 6.12. The molecular formula is C20H23N5O2S. The zero-order chi connectivity index (χ0) is 19.3. The second kappa shape index (κ2) is 8.53.